The molecule has 4 aromatic rings. The largest absolute Gasteiger partial charge is 0.350 e. The zero-order valence-electron chi connectivity index (χ0n) is 18.1. The van der Waals surface area contributed by atoms with E-state index in [1.54, 1.807) is 0 Å². The average molecular weight is 412 g/mol. The Hall–Kier alpha value is -3.59. The van der Waals surface area contributed by atoms with Gasteiger partial charge in [-0.25, -0.2) is 4.98 Å². The number of fused-ring (bicyclic) bond motifs is 3. The van der Waals surface area contributed by atoms with Gasteiger partial charge in [0.2, 0.25) is 11.5 Å². The summed E-state index contributed by atoms with van der Waals surface area (Å²) in [5, 5.41) is 9.94. The summed E-state index contributed by atoms with van der Waals surface area (Å²) >= 11 is 0. The molecule has 0 atom stereocenters. The standard InChI is InChI=1S/C25H26N6/c1-3-7-19-16-24(30-14-12-29(13-15-30)23-11-6-8-18(2)27-23)31-22-10-5-4-9-21(22)28-25(31)20(19)17-26/h4-6,8-11,16H,3,7,12-15H2,1-2H3/p+1. The van der Waals surface area contributed by atoms with Crippen LogP contribution < -0.4 is 14.2 Å². The first-order valence-electron chi connectivity index (χ1n) is 11.0. The van der Waals surface area contributed by atoms with E-state index in [-0.39, 0.29) is 0 Å². The number of nitrogens with zero attached hydrogens (tertiary/aromatic N) is 5. The molecule has 0 amide bonds. The van der Waals surface area contributed by atoms with Crippen molar-refractivity contribution in [2.75, 3.05) is 36.0 Å². The first-order valence-corrected chi connectivity index (χ1v) is 11.0. The lowest BCUT2D eigenvalue weighted by atomic mass is 10.1. The van der Waals surface area contributed by atoms with Crippen molar-refractivity contribution < 1.29 is 4.40 Å². The molecular weight excluding hydrogens is 384 g/mol. The van der Waals surface area contributed by atoms with Crippen molar-refractivity contribution in [3.05, 3.63) is 65.4 Å². The van der Waals surface area contributed by atoms with Gasteiger partial charge in [-0.05, 0) is 43.2 Å². The van der Waals surface area contributed by atoms with Crippen LogP contribution in [0.1, 0.15) is 30.2 Å². The summed E-state index contributed by atoms with van der Waals surface area (Å²) in [6.45, 7) is 7.87. The number of H-pyrrole nitrogens is 1. The zero-order chi connectivity index (χ0) is 21.4. The van der Waals surface area contributed by atoms with Crippen molar-refractivity contribution in [1.29, 1.82) is 5.26 Å². The maximum Gasteiger partial charge on any atom is 0.250 e. The predicted octanol–water partition coefficient (Wildman–Crippen LogP) is 3.76. The molecule has 1 saturated heterocycles. The molecule has 0 bridgehead atoms. The van der Waals surface area contributed by atoms with Crippen molar-refractivity contribution in [2.45, 2.75) is 26.7 Å². The lowest BCUT2D eigenvalue weighted by molar-refractivity contribution is -0.467. The Kier molecular flexibility index (Phi) is 4.95. The SMILES string of the molecule is CCCc1cc(N2CCN(c3cccc(C)n3)CC2)[n+]2c([nH]c3ccccc32)c1C#N. The molecule has 0 saturated carbocycles. The number of hydrogen-bond acceptors (Lipinski definition) is 4. The highest BCUT2D eigenvalue weighted by Crippen LogP contribution is 2.25. The summed E-state index contributed by atoms with van der Waals surface area (Å²) in [7, 11) is 0. The second kappa shape index (κ2) is 7.92. The Bertz CT molecular complexity index is 1290. The minimum atomic E-state index is 0.754. The van der Waals surface area contributed by atoms with Crippen molar-refractivity contribution in [3.8, 4) is 6.07 Å². The van der Waals surface area contributed by atoms with Gasteiger partial charge in [0.15, 0.2) is 0 Å². The molecular formula is C25H27N6+. The summed E-state index contributed by atoms with van der Waals surface area (Å²) in [5.74, 6) is 2.21. The van der Waals surface area contributed by atoms with Crippen molar-refractivity contribution in [1.82, 2.24) is 9.97 Å². The number of benzene rings is 1. The Morgan fingerprint density at radius 3 is 2.58 bits per heavy atom. The molecule has 1 aromatic carbocycles. The molecule has 0 unspecified atom stereocenters. The third-order valence-electron chi connectivity index (χ3n) is 6.14. The summed E-state index contributed by atoms with van der Waals surface area (Å²) in [4.78, 5) is 13.0. The number of aromatic amines is 1. The van der Waals surface area contributed by atoms with Gasteiger partial charge in [0.05, 0.1) is 26.2 Å². The first-order chi connectivity index (χ1) is 15.2. The molecule has 0 spiro atoms. The van der Waals surface area contributed by atoms with Crippen LogP contribution in [0.4, 0.5) is 11.6 Å². The van der Waals surface area contributed by atoms with Crippen LogP contribution >= 0.6 is 0 Å². The van der Waals surface area contributed by atoms with Crippen molar-refractivity contribution in [2.24, 2.45) is 0 Å². The molecule has 6 nitrogen and oxygen atoms in total. The molecule has 31 heavy (non-hydrogen) atoms. The average Bonchev–Trinajstić information content (AvgIpc) is 3.18. The monoisotopic (exact) mass is 411 g/mol. The Morgan fingerprint density at radius 2 is 1.84 bits per heavy atom. The van der Waals surface area contributed by atoms with Gasteiger partial charge in [-0.1, -0.05) is 31.5 Å². The Morgan fingerprint density at radius 1 is 1.06 bits per heavy atom. The quantitative estimate of drug-likeness (QED) is 0.520. The maximum atomic E-state index is 9.94. The number of hydrogen-bond donors (Lipinski definition) is 1. The van der Waals surface area contributed by atoms with E-state index in [0.29, 0.717) is 0 Å². The summed E-state index contributed by atoms with van der Waals surface area (Å²) in [6, 6.07) is 19.2. The van der Waals surface area contributed by atoms with E-state index in [1.807, 2.05) is 19.1 Å². The maximum absolute atomic E-state index is 9.94. The number of nitrogens with one attached hydrogen (secondary N) is 1. The second-order valence-corrected chi connectivity index (χ2v) is 8.20. The predicted molar refractivity (Wildman–Crippen MR) is 124 cm³/mol. The first kappa shape index (κ1) is 19.4. The van der Waals surface area contributed by atoms with Crippen LogP contribution in [0.15, 0.2) is 48.5 Å². The van der Waals surface area contributed by atoms with Gasteiger partial charge >= 0.3 is 0 Å². The number of piperazine rings is 1. The topological polar surface area (TPSA) is 63.0 Å². The molecule has 6 heteroatoms. The number of aromatic nitrogens is 3. The van der Waals surface area contributed by atoms with Crippen molar-refractivity contribution in [3.63, 3.8) is 0 Å². The molecule has 0 radical (unpaired) electrons. The highest BCUT2D eigenvalue weighted by molar-refractivity contribution is 5.77. The summed E-state index contributed by atoms with van der Waals surface area (Å²) in [6.07, 6.45) is 1.91. The van der Waals surface area contributed by atoms with Crippen LogP contribution in [-0.2, 0) is 6.42 Å². The normalized spacial score (nSPS) is 14.4. The van der Waals surface area contributed by atoms with Gasteiger partial charge in [0.25, 0.3) is 0 Å². The Labute approximate surface area is 182 Å². The molecule has 156 valence electrons. The number of anilines is 2. The number of rotatable bonds is 4. The fourth-order valence-corrected chi connectivity index (χ4v) is 4.63. The number of imidazole rings is 1. The van der Waals surface area contributed by atoms with Crippen LogP contribution in [0.5, 0.6) is 0 Å². The fraction of sp³-hybridized carbons (Fsp3) is 0.320. The molecule has 1 aliphatic heterocycles. The van der Waals surface area contributed by atoms with Gasteiger partial charge in [-0.2, -0.15) is 9.66 Å². The third-order valence-corrected chi connectivity index (χ3v) is 6.14. The molecule has 4 heterocycles. The van der Waals surface area contributed by atoms with Crippen molar-refractivity contribution >= 4 is 28.3 Å². The summed E-state index contributed by atoms with van der Waals surface area (Å²) in [5.41, 5.74) is 5.98. The smallest absolute Gasteiger partial charge is 0.250 e. The van der Waals surface area contributed by atoms with Gasteiger partial charge < -0.3 is 4.90 Å². The minimum absolute atomic E-state index is 0.754. The van der Waals surface area contributed by atoms with Gasteiger partial charge in [0.1, 0.15) is 28.5 Å². The zero-order valence-corrected chi connectivity index (χ0v) is 18.1. The van der Waals surface area contributed by atoms with E-state index < -0.39 is 0 Å². The van der Waals surface area contributed by atoms with Gasteiger partial charge in [-0.3, -0.25) is 9.88 Å². The number of aryl methyl sites for hydroxylation is 2. The number of pyridine rings is 2. The van der Waals surface area contributed by atoms with Crippen LogP contribution in [0.25, 0.3) is 16.7 Å². The lowest BCUT2D eigenvalue weighted by Gasteiger charge is -2.33. The number of para-hydroxylation sites is 2. The molecule has 3 aromatic heterocycles. The molecule has 0 aliphatic carbocycles. The number of nitriles is 1. The van der Waals surface area contributed by atoms with E-state index in [9.17, 15) is 5.26 Å². The Balaban J connectivity index is 1.57. The molecule has 1 N–H and O–H groups in total. The minimum Gasteiger partial charge on any atom is -0.350 e. The molecule has 5 rings (SSSR count). The summed E-state index contributed by atoms with van der Waals surface area (Å²) < 4.78 is 2.23. The van der Waals surface area contributed by atoms with E-state index in [1.165, 1.54) is 0 Å². The van der Waals surface area contributed by atoms with Crippen LogP contribution in [0.3, 0.4) is 0 Å². The highest BCUT2D eigenvalue weighted by atomic mass is 15.3. The van der Waals surface area contributed by atoms with Crippen LogP contribution in [0, 0.1) is 18.3 Å². The van der Waals surface area contributed by atoms with Gasteiger partial charge in [-0.15, -0.1) is 0 Å². The molecule has 1 fully saturated rings. The second-order valence-electron chi connectivity index (χ2n) is 8.20. The van der Waals surface area contributed by atoms with Gasteiger partial charge in [0, 0.05) is 11.8 Å². The van der Waals surface area contributed by atoms with E-state index >= 15 is 0 Å². The van der Waals surface area contributed by atoms with Crippen LogP contribution in [-0.4, -0.2) is 36.1 Å². The fourth-order valence-electron chi connectivity index (χ4n) is 4.63. The van der Waals surface area contributed by atoms with E-state index in [2.05, 4.69) is 68.6 Å². The molecule has 1 aliphatic rings. The lowest BCUT2D eigenvalue weighted by Crippen LogP contribution is -2.49. The highest BCUT2D eigenvalue weighted by Gasteiger charge is 2.28. The third kappa shape index (κ3) is 3.36. The van der Waals surface area contributed by atoms with E-state index in [4.69, 9.17) is 4.98 Å². The van der Waals surface area contributed by atoms with E-state index in [0.717, 1.165) is 84.2 Å². The van der Waals surface area contributed by atoms with Crippen LogP contribution in [0.2, 0.25) is 0 Å².